The molecule has 148 valence electrons. The first kappa shape index (κ1) is 18.8. The molecule has 0 N–H and O–H groups in total. The number of rotatable bonds is 5. The van der Waals surface area contributed by atoms with Crippen LogP contribution in [0.25, 0.3) is 11.1 Å². The van der Waals surface area contributed by atoms with Gasteiger partial charge in [-0.25, -0.2) is 4.79 Å². The summed E-state index contributed by atoms with van der Waals surface area (Å²) in [6.45, 7) is 2.40. The Hall–Kier alpha value is -3.54. The molecule has 0 radical (unpaired) electrons. The van der Waals surface area contributed by atoms with Crippen LogP contribution in [0, 0.1) is 0 Å². The van der Waals surface area contributed by atoms with Gasteiger partial charge in [-0.2, -0.15) is 0 Å². The van der Waals surface area contributed by atoms with Crippen molar-refractivity contribution in [2.24, 2.45) is 0 Å². The average molecular weight is 390 g/mol. The first-order chi connectivity index (χ1) is 14.2. The number of benzene rings is 2. The van der Waals surface area contributed by atoms with Crippen LogP contribution in [0.5, 0.6) is 0 Å². The Bertz CT molecular complexity index is 961. The monoisotopic (exact) mass is 390 g/mol. The highest BCUT2D eigenvalue weighted by Crippen LogP contribution is 2.25. The third-order valence-corrected chi connectivity index (χ3v) is 5.02. The molecule has 0 spiro atoms. The van der Waals surface area contributed by atoms with E-state index in [0.29, 0.717) is 18.7 Å². The van der Waals surface area contributed by atoms with E-state index < -0.39 is 5.97 Å². The van der Waals surface area contributed by atoms with Gasteiger partial charge in [-0.15, -0.1) is 0 Å². The summed E-state index contributed by atoms with van der Waals surface area (Å²) in [6.07, 6.45) is 1.45. The fourth-order valence-corrected chi connectivity index (χ4v) is 3.45. The minimum absolute atomic E-state index is 0.109. The lowest BCUT2D eigenvalue weighted by molar-refractivity contribution is -0.134. The van der Waals surface area contributed by atoms with Crippen LogP contribution >= 0.6 is 0 Å². The van der Waals surface area contributed by atoms with Crippen LogP contribution in [0.3, 0.4) is 0 Å². The molecule has 0 saturated carbocycles. The molecule has 1 fully saturated rings. The number of hydrogen-bond acceptors (Lipinski definition) is 5. The van der Waals surface area contributed by atoms with Crippen LogP contribution < -0.4 is 4.90 Å². The molecule has 6 heteroatoms. The highest BCUT2D eigenvalue weighted by atomic mass is 16.5. The van der Waals surface area contributed by atoms with Gasteiger partial charge in [0, 0.05) is 37.4 Å². The molecule has 0 unspecified atom stereocenters. The van der Waals surface area contributed by atoms with Crippen LogP contribution in [0.1, 0.15) is 10.6 Å². The molecule has 29 heavy (non-hydrogen) atoms. The number of esters is 1. The largest absolute Gasteiger partial charge is 0.457 e. The number of furan rings is 1. The van der Waals surface area contributed by atoms with Crippen LogP contribution in [0.2, 0.25) is 0 Å². The van der Waals surface area contributed by atoms with E-state index in [0.717, 1.165) is 24.3 Å². The number of nitrogens with zero attached hydrogens (tertiary/aromatic N) is 2. The maximum absolute atomic E-state index is 12.5. The smallest absolute Gasteiger partial charge is 0.375 e. The van der Waals surface area contributed by atoms with Crippen molar-refractivity contribution in [2.75, 3.05) is 37.7 Å². The van der Waals surface area contributed by atoms with Gasteiger partial charge in [0.05, 0.1) is 6.26 Å². The Labute approximate surface area is 169 Å². The van der Waals surface area contributed by atoms with E-state index in [1.54, 1.807) is 11.0 Å². The summed E-state index contributed by atoms with van der Waals surface area (Å²) >= 11 is 0. The van der Waals surface area contributed by atoms with Crippen molar-refractivity contribution in [3.8, 4) is 11.1 Å². The van der Waals surface area contributed by atoms with Gasteiger partial charge in [-0.05, 0) is 23.8 Å². The number of amides is 1. The molecular weight excluding hydrogens is 368 g/mol. The third kappa shape index (κ3) is 4.32. The summed E-state index contributed by atoms with van der Waals surface area (Å²) in [5.74, 6) is -0.720. The normalized spacial score (nSPS) is 13.9. The first-order valence-corrected chi connectivity index (χ1v) is 9.60. The van der Waals surface area contributed by atoms with Crippen molar-refractivity contribution in [3.05, 3.63) is 78.8 Å². The van der Waals surface area contributed by atoms with E-state index in [4.69, 9.17) is 9.15 Å². The fraction of sp³-hybridized carbons (Fsp3) is 0.217. The van der Waals surface area contributed by atoms with Crippen molar-refractivity contribution in [2.45, 2.75) is 0 Å². The molecule has 2 aromatic carbocycles. The molecule has 6 nitrogen and oxygen atoms in total. The van der Waals surface area contributed by atoms with Crippen molar-refractivity contribution < 1.29 is 18.7 Å². The third-order valence-electron chi connectivity index (χ3n) is 5.02. The molecule has 1 aromatic heterocycles. The lowest BCUT2D eigenvalue weighted by Crippen LogP contribution is -2.49. The maximum atomic E-state index is 12.5. The van der Waals surface area contributed by atoms with Gasteiger partial charge >= 0.3 is 5.97 Å². The minimum Gasteiger partial charge on any atom is -0.457 e. The molecular formula is C23H22N2O4. The molecule has 1 aliphatic rings. The molecule has 4 rings (SSSR count). The van der Waals surface area contributed by atoms with Crippen LogP contribution in [0.15, 0.2) is 77.4 Å². The summed E-state index contributed by atoms with van der Waals surface area (Å²) in [5, 5.41) is 0. The lowest BCUT2D eigenvalue weighted by atomic mass is 10.1. The van der Waals surface area contributed by atoms with E-state index in [-0.39, 0.29) is 18.3 Å². The number of piperazine rings is 1. The number of carbonyl (C=O) groups is 2. The summed E-state index contributed by atoms with van der Waals surface area (Å²) < 4.78 is 10.6. The van der Waals surface area contributed by atoms with Crippen LogP contribution in [-0.2, 0) is 9.53 Å². The van der Waals surface area contributed by atoms with E-state index in [1.165, 1.54) is 6.26 Å². The fourth-order valence-electron chi connectivity index (χ4n) is 3.45. The van der Waals surface area contributed by atoms with E-state index >= 15 is 0 Å². The first-order valence-electron chi connectivity index (χ1n) is 9.60. The Balaban J connectivity index is 1.31. The number of para-hydroxylation sites is 1. The predicted octanol–water partition coefficient (Wildman–Crippen LogP) is 3.45. The highest BCUT2D eigenvalue weighted by molar-refractivity contribution is 5.95. The molecule has 0 atom stereocenters. The summed E-state index contributed by atoms with van der Waals surface area (Å²) in [7, 11) is 0. The zero-order valence-electron chi connectivity index (χ0n) is 16.0. The SMILES string of the molecule is O=C(OCC(=O)N1CCN(c2ccccc2)CC1)c1occc1-c1ccccc1. The summed E-state index contributed by atoms with van der Waals surface area (Å²) in [6, 6.07) is 21.3. The quantitative estimate of drug-likeness (QED) is 0.625. The van der Waals surface area contributed by atoms with E-state index in [9.17, 15) is 9.59 Å². The number of ether oxygens (including phenoxy) is 1. The minimum atomic E-state index is -0.634. The second kappa shape index (κ2) is 8.65. The van der Waals surface area contributed by atoms with Gasteiger partial charge in [-0.3, -0.25) is 4.79 Å². The summed E-state index contributed by atoms with van der Waals surface area (Å²) in [4.78, 5) is 28.9. The molecule has 0 bridgehead atoms. The number of hydrogen-bond donors (Lipinski definition) is 0. The van der Waals surface area contributed by atoms with Crippen molar-refractivity contribution >= 4 is 17.6 Å². The van der Waals surface area contributed by atoms with Crippen LogP contribution in [0.4, 0.5) is 5.69 Å². The second-order valence-corrected chi connectivity index (χ2v) is 6.81. The number of carbonyl (C=O) groups excluding carboxylic acids is 2. The van der Waals surface area contributed by atoms with Gasteiger partial charge in [-0.1, -0.05) is 48.5 Å². The lowest BCUT2D eigenvalue weighted by Gasteiger charge is -2.36. The van der Waals surface area contributed by atoms with Crippen molar-refractivity contribution in [1.29, 1.82) is 0 Å². The predicted molar refractivity (Wildman–Crippen MR) is 110 cm³/mol. The van der Waals surface area contributed by atoms with Crippen LogP contribution in [-0.4, -0.2) is 49.6 Å². The Morgan fingerprint density at radius 1 is 0.862 bits per heavy atom. The van der Waals surface area contributed by atoms with Gasteiger partial charge in [0.25, 0.3) is 5.91 Å². The summed E-state index contributed by atoms with van der Waals surface area (Å²) in [5.41, 5.74) is 2.66. The van der Waals surface area contributed by atoms with E-state index in [2.05, 4.69) is 17.0 Å². The molecule has 1 amide bonds. The molecule has 2 heterocycles. The van der Waals surface area contributed by atoms with E-state index in [1.807, 2.05) is 48.5 Å². The maximum Gasteiger partial charge on any atom is 0.375 e. The Kier molecular flexibility index (Phi) is 5.61. The molecule has 0 aliphatic carbocycles. The van der Waals surface area contributed by atoms with Gasteiger partial charge in [0.15, 0.2) is 6.61 Å². The Morgan fingerprint density at radius 3 is 2.21 bits per heavy atom. The topological polar surface area (TPSA) is 63.0 Å². The van der Waals surface area contributed by atoms with Crippen molar-refractivity contribution in [1.82, 2.24) is 4.90 Å². The number of anilines is 1. The zero-order valence-corrected chi connectivity index (χ0v) is 16.0. The average Bonchev–Trinajstić information content (AvgIpc) is 3.29. The molecule has 3 aromatic rings. The van der Waals surface area contributed by atoms with Gasteiger partial charge in [0.2, 0.25) is 5.76 Å². The standard InChI is InChI=1S/C23H22N2O4/c26-21(25-14-12-24(13-15-25)19-9-5-2-6-10-19)17-29-23(27)22-20(11-16-28-22)18-7-3-1-4-8-18/h1-11,16H,12-15,17H2. The highest BCUT2D eigenvalue weighted by Gasteiger charge is 2.24. The van der Waals surface area contributed by atoms with Gasteiger partial charge in [0.1, 0.15) is 0 Å². The Morgan fingerprint density at radius 2 is 1.52 bits per heavy atom. The molecule has 1 aliphatic heterocycles. The second-order valence-electron chi connectivity index (χ2n) is 6.81. The molecule has 1 saturated heterocycles. The van der Waals surface area contributed by atoms with Crippen molar-refractivity contribution in [3.63, 3.8) is 0 Å². The zero-order chi connectivity index (χ0) is 20.1. The van der Waals surface area contributed by atoms with Gasteiger partial charge < -0.3 is 19.0 Å².